The molecule has 1 heterocycles. The van der Waals surface area contributed by atoms with Gasteiger partial charge in [0.15, 0.2) is 11.5 Å². The Kier molecular flexibility index (Phi) is 2.40. The summed E-state index contributed by atoms with van der Waals surface area (Å²) < 4.78 is 10.9. The van der Waals surface area contributed by atoms with E-state index in [2.05, 4.69) is 0 Å². The maximum absolute atomic E-state index is 10.3. The molecule has 0 unspecified atom stereocenters. The average molecular weight is 235 g/mol. The van der Waals surface area contributed by atoms with Crippen LogP contribution in [0.5, 0.6) is 17.2 Å². The third kappa shape index (κ3) is 1.47. The number of hydrogen-bond acceptors (Lipinski definition) is 4. The molecular formula is C13H17NO3. The number of ether oxygens (including phenoxy) is 2. The predicted octanol–water partition coefficient (Wildman–Crippen LogP) is 1.54. The molecule has 3 N–H and O–H groups in total. The zero-order valence-corrected chi connectivity index (χ0v) is 9.74. The van der Waals surface area contributed by atoms with E-state index in [-0.39, 0.29) is 11.2 Å². The van der Waals surface area contributed by atoms with Crippen LogP contribution >= 0.6 is 0 Å². The standard InChI is InChI=1S/C13H17NO3/c14-8-13(4-1-5-13)9-2-3-10-12(11(9)15)17-7-6-16-10/h2-3,15H,1,4-8,14H2. The van der Waals surface area contributed by atoms with Crippen LogP contribution in [-0.2, 0) is 5.41 Å². The molecule has 1 fully saturated rings. The highest BCUT2D eigenvalue weighted by Crippen LogP contribution is 2.51. The molecule has 2 aliphatic rings. The molecule has 0 spiro atoms. The number of fused-ring (bicyclic) bond motifs is 1. The van der Waals surface area contributed by atoms with Crippen molar-refractivity contribution in [2.24, 2.45) is 5.73 Å². The second kappa shape index (κ2) is 3.81. The Morgan fingerprint density at radius 2 is 2.00 bits per heavy atom. The second-order valence-corrected chi connectivity index (χ2v) is 4.82. The van der Waals surface area contributed by atoms with Crippen molar-refractivity contribution >= 4 is 0 Å². The van der Waals surface area contributed by atoms with Gasteiger partial charge in [0.1, 0.15) is 13.2 Å². The molecule has 4 nitrogen and oxygen atoms in total. The molecule has 1 aliphatic heterocycles. The van der Waals surface area contributed by atoms with Gasteiger partial charge in [-0.1, -0.05) is 12.5 Å². The molecule has 1 aliphatic carbocycles. The highest BCUT2D eigenvalue weighted by molar-refractivity contribution is 5.58. The van der Waals surface area contributed by atoms with Crippen molar-refractivity contribution in [3.63, 3.8) is 0 Å². The molecule has 1 aromatic rings. The molecule has 17 heavy (non-hydrogen) atoms. The molecule has 1 aromatic carbocycles. The molecule has 0 radical (unpaired) electrons. The van der Waals surface area contributed by atoms with Gasteiger partial charge in [-0.3, -0.25) is 0 Å². The molecule has 92 valence electrons. The fourth-order valence-corrected chi connectivity index (χ4v) is 2.72. The van der Waals surface area contributed by atoms with Gasteiger partial charge in [-0.05, 0) is 18.9 Å². The lowest BCUT2D eigenvalue weighted by molar-refractivity contribution is 0.162. The Hall–Kier alpha value is -1.42. The molecule has 3 rings (SSSR count). The minimum atomic E-state index is -0.0556. The van der Waals surface area contributed by atoms with E-state index in [9.17, 15) is 5.11 Å². The fourth-order valence-electron chi connectivity index (χ4n) is 2.72. The first-order valence-corrected chi connectivity index (χ1v) is 6.09. The van der Waals surface area contributed by atoms with Crippen LogP contribution in [0.2, 0.25) is 0 Å². The van der Waals surface area contributed by atoms with Gasteiger partial charge in [0.2, 0.25) is 5.75 Å². The number of phenols is 1. The first-order valence-electron chi connectivity index (χ1n) is 6.09. The number of rotatable bonds is 2. The van der Waals surface area contributed by atoms with Crippen LogP contribution in [0.3, 0.4) is 0 Å². The number of phenolic OH excluding ortho intramolecular Hbond substituents is 1. The number of nitrogens with two attached hydrogens (primary N) is 1. The molecule has 0 amide bonds. The van der Waals surface area contributed by atoms with Gasteiger partial charge in [-0.25, -0.2) is 0 Å². The predicted molar refractivity (Wildman–Crippen MR) is 63.7 cm³/mol. The minimum absolute atomic E-state index is 0.0556. The van der Waals surface area contributed by atoms with Crippen molar-refractivity contribution in [3.8, 4) is 17.2 Å². The number of aromatic hydroxyl groups is 1. The zero-order chi connectivity index (χ0) is 11.9. The lowest BCUT2D eigenvalue weighted by atomic mass is 9.64. The number of hydrogen-bond donors (Lipinski definition) is 2. The summed E-state index contributed by atoms with van der Waals surface area (Å²) in [7, 11) is 0. The largest absolute Gasteiger partial charge is 0.504 e. The van der Waals surface area contributed by atoms with Gasteiger partial charge in [-0.2, -0.15) is 0 Å². The van der Waals surface area contributed by atoms with E-state index < -0.39 is 0 Å². The van der Waals surface area contributed by atoms with Gasteiger partial charge in [0.25, 0.3) is 0 Å². The first kappa shape index (κ1) is 10.7. The fraction of sp³-hybridized carbons (Fsp3) is 0.538. The van der Waals surface area contributed by atoms with Crippen LogP contribution in [0.15, 0.2) is 12.1 Å². The van der Waals surface area contributed by atoms with E-state index in [0.29, 0.717) is 31.3 Å². The third-order valence-corrected chi connectivity index (χ3v) is 3.96. The molecule has 0 aromatic heterocycles. The Morgan fingerprint density at radius 1 is 1.24 bits per heavy atom. The third-order valence-electron chi connectivity index (χ3n) is 3.96. The lowest BCUT2D eigenvalue weighted by Crippen LogP contribution is -2.41. The summed E-state index contributed by atoms with van der Waals surface area (Å²) in [6.07, 6.45) is 3.25. The smallest absolute Gasteiger partial charge is 0.203 e. The quantitative estimate of drug-likeness (QED) is 0.816. The molecule has 0 bridgehead atoms. The van der Waals surface area contributed by atoms with Crippen LogP contribution in [0.1, 0.15) is 24.8 Å². The van der Waals surface area contributed by atoms with Crippen molar-refractivity contribution in [3.05, 3.63) is 17.7 Å². The maximum Gasteiger partial charge on any atom is 0.203 e. The van der Waals surface area contributed by atoms with Crippen molar-refractivity contribution in [2.45, 2.75) is 24.7 Å². The van der Waals surface area contributed by atoms with Crippen LogP contribution in [0, 0.1) is 0 Å². The van der Waals surface area contributed by atoms with E-state index in [1.54, 1.807) is 0 Å². The van der Waals surface area contributed by atoms with E-state index in [1.165, 1.54) is 6.42 Å². The topological polar surface area (TPSA) is 64.7 Å². The summed E-state index contributed by atoms with van der Waals surface area (Å²) in [5.74, 6) is 1.32. The summed E-state index contributed by atoms with van der Waals surface area (Å²) in [5.41, 5.74) is 6.72. The summed E-state index contributed by atoms with van der Waals surface area (Å²) in [6, 6.07) is 3.80. The number of benzene rings is 1. The van der Waals surface area contributed by atoms with Crippen molar-refractivity contribution in [1.82, 2.24) is 0 Å². The van der Waals surface area contributed by atoms with E-state index in [0.717, 1.165) is 18.4 Å². The second-order valence-electron chi connectivity index (χ2n) is 4.82. The molecular weight excluding hydrogens is 218 g/mol. The Morgan fingerprint density at radius 3 is 2.65 bits per heavy atom. The molecule has 0 atom stereocenters. The SMILES string of the molecule is NCC1(c2ccc3c(c2O)OCCO3)CCC1. The monoisotopic (exact) mass is 235 g/mol. The summed E-state index contributed by atoms with van der Waals surface area (Å²) in [6.45, 7) is 1.59. The van der Waals surface area contributed by atoms with Gasteiger partial charge in [-0.15, -0.1) is 0 Å². The summed E-state index contributed by atoms with van der Waals surface area (Å²) in [4.78, 5) is 0. The van der Waals surface area contributed by atoms with Gasteiger partial charge in [0.05, 0.1) is 0 Å². The highest BCUT2D eigenvalue weighted by atomic mass is 16.6. The van der Waals surface area contributed by atoms with E-state index >= 15 is 0 Å². The van der Waals surface area contributed by atoms with Crippen LogP contribution < -0.4 is 15.2 Å². The van der Waals surface area contributed by atoms with Crippen LogP contribution in [0.25, 0.3) is 0 Å². The van der Waals surface area contributed by atoms with Crippen LogP contribution in [0.4, 0.5) is 0 Å². The molecule has 1 saturated carbocycles. The Labute approximate surface area is 100 Å². The van der Waals surface area contributed by atoms with Crippen molar-refractivity contribution in [2.75, 3.05) is 19.8 Å². The zero-order valence-electron chi connectivity index (χ0n) is 9.74. The van der Waals surface area contributed by atoms with E-state index in [4.69, 9.17) is 15.2 Å². The lowest BCUT2D eigenvalue weighted by Gasteiger charge is -2.42. The first-order chi connectivity index (χ1) is 8.27. The Balaban J connectivity index is 2.06. The van der Waals surface area contributed by atoms with Gasteiger partial charge >= 0.3 is 0 Å². The minimum Gasteiger partial charge on any atom is -0.504 e. The highest BCUT2D eigenvalue weighted by Gasteiger charge is 2.40. The summed E-state index contributed by atoms with van der Waals surface area (Å²) >= 11 is 0. The normalized spacial score (nSPS) is 20.8. The van der Waals surface area contributed by atoms with Crippen LogP contribution in [-0.4, -0.2) is 24.9 Å². The van der Waals surface area contributed by atoms with Gasteiger partial charge in [0, 0.05) is 17.5 Å². The maximum atomic E-state index is 10.3. The van der Waals surface area contributed by atoms with Gasteiger partial charge < -0.3 is 20.3 Å². The summed E-state index contributed by atoms with van der Waals surface area (Å²) in [5, 5.41) is 10.3. The Bertz CT molecular complexity index is 435. The van der Waals surface area contributed by atoms with E-state index in [1.807, 2.05) is 12.1 Å². The molecule has 0 saturated heterocycles. The molecule has 4 heteroatoms. The van der Waals surface area contributed by atoms with Crippen molar-refractivity contribution in [1.29, 1.82) is 0 Å². The van der Waals surface area contributed by atoms with Crippen molar-refractivity contribution < 1.29 is 14.6 Å². The average Bonchev–Trinajstić information content (AvgIpc) is 2.31.